The number of aliphatic imine (C=N–C) groups is 1. The number of aryl methyl sites for hydroxylation is 1. The molecular weight excluding hydrogens is 212 g/mol. The third-order valence-electron chi connectivity index (χ3n) is 2.73. The lowest BCUT2D eigenvalue weighted by Crippen LogP contribution is -2.37. The molecule has 0 saturated carbocycles. The Morgan fingerprint density at radius 2 is 2.06 bits per heavy atom. The standard InChI is InChI=1S/C13H22N4/c1-4-17(5-2)13(14)15-9-8-12-7-6-11(3)16-10-12/h6-7,10H,4-5,8-9H2,1-3H3,(H2,14,15). The summed E-state index contributed by atoms with van der Waals surface area (Å²) >= 11 is 0. The summed E-state index contributed by atoms with van der Waals surface area (Å²) in [7, 11) is 0. The van der Waals surface area contributed by atoms with Crippen LogP contribution < -0.4 is 5.73 Å². The first-order chi connectivity index (χ1) is 8.17. The first-order valence-corrected chi connectivity index (χ1v) is 6.13. The Balaban J connectivity index is 2.46. The normalized spacial score (nSPS) is 11.6. The van der Waals surface area contributed by atoms with Gasteiger partial charge in [-0.2, -0.15) is 0 Å². The van der Waals surface area contributed by atoms with E-state index in [4.69, 9.17) is 5.73 Å². The molecule has 2 N–H and O–H groups in total. The van der Waals surface area contributed by atoms with E-state index in [1.807, 2.05) is 24.1 Å². The molecule has 0 aromatic carbocycles. The molecule has 0 unspecified atom stereocenters. The van der Waals surface area contributed by atoms with Crippen LogP contribution >= 0.6 is 0 Å². The monoisotopic (exact) mass is 234 g/mol. The Kier molecular flexibility index (Phi) is 5.46. The van der Waals surface area contributed by atoms with Gasteiger partial charge in [0, 0.05) is 31.5 Å². The number of hydrogen-bond donors (Lipinski definition) is 1. The van der Waals surface area contributed by atoms with Crippen molar-refractivity contribution in [2.24, 2.45) is 10.7 Å². The number of aromatic nitrogens is 1. The second-order valence-electron chi connectivity index (χ2n) is 3.97. The Morgan fingerprint density at radius 3 is 2.59 bits per heavy atom. The predicted molar refractivity (Wildman–Crippen MR) is 72.1 cm³/mol. The molecule has 17 heavy (non-hydrogen) atoms. The zero-order chi connectivity index (χ0) is 12.7. The quantitative estimate of drug-likeness (QED) is 0.622. The van der Waals surface area contributed by atoms with Crippen molar-refractivity contribution < 1.29 is 0 Å². The maximum atomic E-state index is 5.89. The summed E-state index contributed by atoms with van der Waals surface area (Å²) in [6.45, 7) is 8.66. The van der Waals surface area contributed by atoms with Gasteiger partial charge in [0.15, 0.2) is 5.96 Å². The summed E-state index contributed by atoms with van der Waals surface area (Å²) in [6.07, 6.45) is 2.79. The zero-order valence-corrected chi connectivity index (χ0v) is 11.0. The number of guanidine groups is 1. The van der Waals surface area contributed by atoms with E-state index in [0.717, 1.165) is 25.2 Å². The van der Waals surface area contributed by atoms with Crippen LogP contribution in [0.15, 0.2) is 23.3 Å². The first-order valence-electron chi connectivity index (χ1n) is 6.13. The van der Waals surface area contributed by atoms with Crippen molar-refractivity contribution in [3.8, 4) is 0 Å². The van der Waals surface area contributed by atoms with Gasteiger partial charge in [0.25, 0.3) is 0 Å². The molecule has 1 rings (SSSR count). The van der Waals surface area contributed by atoms with Crippen LogP contribution in [0.25, 0.3) is 0 Å². The third kappa shape index (κ3) is 4.43. The van der Waals surface area contributed by atoms with Gasteiger partial charge in [-0.25, -0.2) is 0 Å². The second kappa shape index (κ2) is 6.89. The lowest BCUT2D eigenvalue weighted by molar-refractivity contribution is 0.458. The summed E-state index contributed by atoms with van der Waals surface area (Å²) in [5.74, 6) is 0.634. The smallest absolute Gasteiger partial charge is 0.191 e. The average Bonchev–Trinajstić information content (AvgIpc) is 2.33. The lowest BCUT2D eigenvalue weighted by atomic mass is 10.2. The van der Waals surface area contributed by atoms with Gasteiger partial charge in [-0.15, -0.1) is 0 Å². The minimum atomic E-state index is 0.634. The maximum Gasteiger partial charge on any atom is 0.191 e. The molecule has 0 saturated heterocycles. The SMILES string of the molecule is CCN(CC)C(N)=NCCc1ccc(C)nc1. The second-order valence-corrected chi connectivity index (χ2v) is 3.97. The summed E-state index contributed by atoms with van der Waals surface area (Å²) < 4.78 is 0. The van der Waals surface area contributed by atoms with Crippen molar-refractivity contribution in [2.75, 3.05) is 19.6 Å². The molecule has 1 aromatic rings. The van der Waals surface area contributed by atoms with Gasteiger partial charge < -0.3 is 10.6 Å². The Morgan fingerprint density at radius 1 is 1.35 bits per heavy atom. The van der Waals surface area contributed by atoms with Gasteiger partial charge in [-0.3, -0.25) is 9.98 Å². The molecule has 0 bridgehead atoms. The topological polar surface area (TPSA) is 54.5 Å². The van der Waals surface area contributed by atoms with Crippen molar-refractivity contribution in [2.45, 2.75) is 27.2 Å². The van der Waals surface area contributed by atoms with E-state index < -0.39 is 0 Å². The van der Waals surface area contributed by atoms with E-state index in [9.17, 15) is 0 Å². The van der Waals surface area contributed by atoms with Gasteiger partial charge in [0.05, 0.1) is 0 Å². The number of pyridine rings is 1. The molecule has 0 aliphatic carbocycles. The van der Waals surface area contributed by atoms with Gasteiger partial charge in [0.1, 0.15) is 0 Å². The fourth-order valence-corrected chi connectivity index (χ4v) is 1.59. The predicted octanol–water partition coefficient (Wildman–Crippen LogP) is 1.59. The van der Waals surface area contributed by atoms with Crippen molar-refractivity contribution >= 4 is 5.96 Å². The van der Waals surface area contributed by atoms with E-state index in [1.165, 1.54) is 5.56 Å². The van der Waals surface area contributed by atoms with Gasteiger partial charge >= 0.3 is 0 Å². The van der Waals surface area contributed by atoms with E-state index in [0.29, 0.717) is 12.5 Å². The van der Waals surface area contributed by atoms with E-state index in [2.05, 4.69) is 29.9 Å². The Bertz CT molecular complexity index is 352. The molecule has 0 atom stereocenters. The summed E-state index contributed by atoms with van der Waals surface area (Å²) in [6, 6.07) is 4.11. The van der Waals surface area contributed by atoms with Crippen LogP contribution in [-0.2, 0) is 6.42 Å². The Hall–Kier alpha value is -1.58. The minimum absolute atomic E-state index is 0.634. The summed E-state index contributed by atoms with van der Waals surface area (Å²) in [5.41, 5.74) is 8.13. The van der Waals surface area contributed by atoms with Crippen LogP contribution in [0.1, 0.15) is 25.1 Å². The third-order valence-corrected chi connectivity index (χ3v) is 2.73. The molecule has 0 fully saturated rings. The van der Waals surface area contributed by atoms with Crippen LogP contribution in [0.2, 0.25) is 0 Å². The zero-order valence-electron chi connectivity index (χ0n) is 11.0. The largest absolute Gasteiger partial charge is 0.370 e. The van der Waals surface area contributed by atoms with Crippen LogP contribution in [0.3, 0.4) is 0 Å². The van der Waals surface area contributed by atoms with Crippen LogP contribution in [-0.4, -0.2) is 35.5 Å². The van der Waals surface area contributed by atoms with Gasteiger partial charge in [0.2, 0.25) is 0 Å². The molecule has 1 heterocycles. The summed E-state index contributed by atoms with van der Waals surface area (Å²) in [5, 5.41) is 0. The summed E-state index contributed by atoms with van der Waals surface area (Å²) in [4.78, 5) is 10.7. The molecule has 94 valence electrons. The van der Waals surface area contributed by atoms with Crippen molar-refractivity contribution in [1.29, 1.82) is 0 Å². The van der Waals surface area contributed by atoms with E-state index in [1.54, 1.807) is 0 Å². The maximum absolute atomic E-state index is 5.89. The molecule has 0 radical (unpaired) electrons. The molecule has 0 spiro atoms. The number of hydrogen-bond acceptors (Lipinski definition) is 2. The van der Waals surface area contributed by atoms with Crippen LogP contribution in [0.4, 0.5) is 0 Å². The highest BCUT2D eigenvalue weighted by atomic mass is 15.2. The van der Waals surface area contributed by atoms with Gasteiger partial charge in [-0.1, -0.05) is 6.07 Å². The number of nitrogens with two attached hydrogens (primary N) is 1. The number of nitrogens with zero attached hydrogens (tertiary/aromatic N) is 3. The highest BCUT2D eigenvalue weighted by molar-refractivity contribution is 5.77. The van der Waals surface area contributed by atoms with Crippen molar-refractivity contribution in [1.82, 2.24) is 9.88 Å². The van der Waals surface area contributed by atoms with Crippen molar-refractivity contribution in [3.63, 3.8) is 0 Å². The molecule has 0 amide bonds. The average molecular weight is 234 g/mol. The molecule has 0 aliphatic rings. The number of rotatable bonds is 5. The van der Waals surface area contributed by atoms with Gasteiger partial charge in [-0.05, 0) is 38.8 Å². The fourth-order valence-electron chi connectivity index (χ4n) is 1.59. The first kappa shape index (κ1) is 13.5. The minimum Gasteiger partial charge on any atom is -0.370 e. The van der Waals surface area contributed by atoms with Crippen molar-refractivity contribution in [3.05, 3.63) is 29.6 Å². The molecule has 4 nitrogen and oxygen atoms in total. The lowest BCUT2D eigenvalue weighted by Gasteiger charge is -2.19. The molecule has 0 aliphatic heterocycles. The van der Waals surface area contributed by atoms with Crippen LogP contribution in [0, 0.1) is 6.92 Å². The highest BCUT2D eigenvalue weighted by Gasteiger charge is 2.01. The Labute approximate surface area is 104 Å². The molecule has 4 heteroatoms. The fraction of sp³-hybridized carbons (Fsp3) is 0.538. The highest BCUT2D eigenvalue weighted by Crippen LogP contribution is 2.00. The van der Waals surface area contributed by atoms with E-state index in [-0.39, 0.29) is 0 Å². The van der Waals surface area contributed by atoms with Crippen LogP contribution in [0.5, 0.6) is 0 Å². The molecular formula is C13H22N4. The van der Waals surface area contributed by atoms with E-state index >= 15 is 0 Å². The molecule has 1 aromatic heterocycles.